The molecule has 0 aliphatic heterocycles. The normalized spacial score (nSPS) is 11.0. The Kier molecular flexibility index (Phi) is 5.15. The van der Waals surface area contributed by atoms with Crippen LogP contribution in [0.2, 0.25) is 5.02 Å². The monoisotopic (exact) mass is 328 g/mol. The highest BCUT2D eigenvalue weighted by Crippen LogP contribution is 2.20. The SMILES string of the molecule is Cc1ccc(/C=C(\C#N)C(=O)Nc2ccc(F)c(Cl)c2)c(C)c1. The second-order valence-electron chi connectivity index (χ2n) is 5.11. The number of carbonyl (C=O) groups is 1. The van der Waals surface area contributed by atoms with Gasteiger partial charge in [0, 0.05) is 5.69 Å². The Hall–Kier alpha value is -2.64. The molecule has 0 spiro atoms. The molecule has 23 heavy (non-hydrogen) atoms. The van der Waals surface area contributed by atoms with Gasteiger partial charge in [0.1, 0.15) is 17.5 Å². The van der Waals surface area contributed by atoms with Gasteiger partial charge in [-0.25, -0.2) is 4.39 Å². The second kappa shape index (κ2) is 7.08. The Morgan fingerprint density at radius 2 is 2.00 bits per heavy atom. The van der Waals surface area contributed by atoms with Crippen molar-refractivity contribution in [2.45, 2.75) is 13.8 Å². The van der Waals surface area contributed by atoms with Crippen LogP contribution in [-0.2, 0) is 4.79 Å². The summed E-state index contributed by atoms with van der Waals surface area (Å²) in [5.41, 5.74) is 3.14. The summed E-state index contributed by atoms with van der Waals surface area (Å²) in [7, 11) is 0. The molecular formula is C18H14ClFN2O. The van der Waals surface area contributed by atoms with E-state index in [1.165, 1.54) is 18.2 Å². The van der Waals surface area contributed by atoms with Gasteiger partial charge in [0.05, 0.1) is 5.02 Å². The third kappa shape index (κ3) is 4.18. The van der Waals surface area contributed by atoms with Crippen molar-refractivity contribution in [3.05, 3.63) is 69.5 Å². The Morgan fingerprint density at radius 1 is 1.26 bits per heavy atom. The maximum atomic E-state index is 13.1. The van der Waals surface area contributed by atoms with Crippen molar-refractivity contribution in [3.63, 3.8) is 0 Å². The maximum Gasteiger partial charge on any atom is 0.266 e. The minimum Gasteiger partial charge on any atom is -0.321 e. The molecule has 116 valence electrons. The van der Waals surface area contributed by atoms with Gasteiger partial charge >= 0.3 is 0 Å². The topological polar surface area (TPSA) is 52.9 Å². The molecule has 1 amide bonds. The van der Waals surface area contributed by atoms with Crippen LogP contribution >= 0.6 is 11.6 Å². The highest BCUT2D eigenvalue weighted by molar-refractivity contribution is 6.31. The lowest BCUT2D eigenvalue weighted by molar-refractivity contribution is -0.112. The van der Waals surface area contributed by atoms with E-state index in [4.69, 9.17) is 11.6 Å². The summed E-state index contributed by atoms with van der Waals surface area (Å²) < 4.78 is 13.1. The van der Waals surface area contributed by atoms with Crippen LogP contribution in [-0.4, -0.2) is 5.91 Å². The minimum absolute atomic E-state index is 0.0441. The molecule has 0 atom stereocenters. The van der Waals surface area contributed by atoms with Gasteiger partial charge in [-0.2, -0.15) is 5.26 Å². The van der Waals surface area contributed by atoms with Gasteiger partial charge in [-0.3, -0.25) is 4.79 Å². The third-order valence-corrected chi connectivity index (χ3v) is 3.56. The molecule has 0 aliphatic carbocycles. The molecule has 0 saturated carbocycles. The summed E-state index contributed by atoms with van der Waals surface area (Å²) in [4.78, 5) is 12.2. The number of benzene rings is 2. The molecule has 2 aromatic rings. The van der Waals surface area contributed by atoms with Gasteiger partial charge in [-0.05, 0) is 49.2 Å². The van der Waals surface area contributed by atoms with Crippen molar-refractivity contribution in [2.24, 2.45) is 0 Å². The molecule has 0 radical (unpaired) electrons. The van der Waals surface area contributed by atoms with Gasteiger partial charge in [-0.15, -0.1) is 0 Å². The molecular weight excluding hydrogens is 315 g/mol. The Bertz CT molecular complexity index is 837. The van der Waals surface area contributed by atoms with Crippen molar-refractivity contribution in [1.82, 2.24) is 0 Å². The average Bonchev–Trinajstić information content (AvgIpc) is 2.50. The van der Waals surface area contributed by atoms with Crippen LogP contribution in [0.3, 0.4) is 0 Å². The van der Waals surface area contributed by atoms with E-state index in [2.05, 4.69) is 5.32 Å². The zero-order chi connectivity index (χ0) is 17.0. The predicted molar refractivity (Wildman–Crippen MR) is 89.5 cm³/mol. The summed E-state index contributed by atoms with van der Waals surface area (Å²) in [5.74, 6) is -1.15. The average molecular weight is 329 g/mol. The van der Waals surface area contributed by atoms with E-state index in [0.717, 1.165) is 22.8 Å². The molecule has 0 aliphatic rings. The number of nitriles is 1. The summed E-state index contributed by atoms with van der Waals surface area (Å²) in [5, 5.41) is 11.6. The number of hydrogen-bond donors (Lipinski definition) is 1. The standard InChI is InChI=1S/C18H14ClFN2O/c1-11-3-4-13(12(2)7-11)8-14(10-21)18(23)22-15-5-6-17(20)16(19)9-15/h3-9H,1-2H3,(H,22,23)/b14-8+. The lowest BCUT2D eigenvalue weighted by Crippen LogP contribution is -2.13. The Balaban J connectivity index is 2.26. The van der Waals surface area contributed by atoms with Crippen LogP contribution in [0.5, 0.6) is 0 Å². The fourth-order valence-electron chi connectivity index (χ4n) is 2.06. The molecule has 0 fully saturated rings. The molecule has 1 N–H and O–H groups in total. The first kappa shape index (κ1) is 16.7. The largest absolute Gasteiger partial charge is 0.321 e. The zero-order valence-corrected chi connectivity index (χ0v) is 13.4. The van der Waals surface area contributed by atoms with Crippen molar-refractivity contribution in [3.8, 4) is 6.07 Å². The second-order valence-corrected chi connectivity index (χ2v) is 5.52. The fourth-order valence-corrected chi connectivity index (χ4v) is 2.24. The number of amides is 1. The lowest BCUT2D eigenvalue weighted by atomic mass is 10.0. The first-order valence-electron chi connectivity index (χ1n) is 6.86. The van der Waals surface area contributed by atoms with Gasteiger partial charge < -0.3 is 5.32 Å². The molecule has 0 bridgehead atoms. The first-order valence-corrected chi connectivity index (χ1v) is 7.24. The smallest absolute Gasteiger partial charge is 0.266 e. The fraction of sp³-hybridized carbons (Fsp3) is 0.111. The minimum atomic E-state index is -0.574. The zero-order valence-electron chi connectivity index (χ0n) is 12.7. The van der Waals surface area contributed by atoms with E-state index >= 15 is 0 Å². The molecule has 0 unspecified atom stereocenters. The van der Waals surface area contributed by atoms with Crippen molar-refractivity contribution in [2.75, 3.05) is 5.32 Å². The Labute approximate surface area is 139 Å². The van der Waals surface area contributed by atoms with Crippen molar-refractivity contribution >= 4 is 29.3 Å². The number of rotatable bonds is 3. The third-order valence-electron chi connectivity index (χ3n) is 3.27. The molecule has 0 heterocycles. The molecule has 0 aromatic heterocycles. The quantitative estimate of drug-likeness (QED) is 0.659. The highest BCUT2D eigenvalue weighted by Gasteiger charge is 2.11. The van der Waals surface area contributed by atoms with Crippen LogP contribution in [0, 0.1) is 31.0 Å². The molecule has 3 nitrogen and oxygen atoms in total. The van der Waals surface area contributed by atoms with E-state index in [0.29, 0.717) is 5.69 Å². The van der Waals surface area contributed by atoms with E-state index in [1.807, 2.05) is 38.1 Å². The highest BCUT2D eigenvalue weighted by atomic mass is 35.5. The lowest BCUT2D eigenvalue weighted by Gasteiger charge is -2.06. The molecule has 2 rings (SSSR count). The van der Waals surface area contributed by atoms with Crippen LogP contribution in [0.4, 0.5) is 10.1 Å². The van der Waals surface area contributed by atoms with Crippen LogP contribution in [0.25, 0.3) is 6.08 Å². The van der Waals surface area contributed by atoms with Gasteiger partial charge in [-0.1, -0.05) is 35.4 Å². The number of nitrogens with zero attached hydrogens (tertiary/aromatic N) is 1. The van der Waals surface area contributed by atoms with Gasteiger partial charge in [0.15, 0.2) is 0 Å². The number of aryl methyl sites for hydroxylation is 2. The van der Waals surface area contributed by atoms with Crippen LogP contribution < -0.4 is 5.32 Å². The number of carbonyl (C=O) groups excluding carboxylic acids is 1. The number of nitrogens with one attached hydrogen (secondary N) is 1. The summed E-state index contributed by atoms with van der Waals surface area (Å²) >= 11 is 5.67. The summed E-state index contributed by atoms with van der Waals surface area (Å²) in [6.45, 7) is 3.88. The van der Waals surface area contributed by atoms with Gasteiger partial charge in [0.25, 0.3) is 5.91 Å². The van der Waals surface area contributed by atoms with E-state index in [1.54, 1.807) is 0 Å². The van der Waals surface area contributed by atoms with E-state index < -0.39 is 11.7 Å². The number of halogens is 2. The summed E-state index contributed by atoms with van der Waals surface area (Å²) in [6, 6.07) is 11.4. The van der Waals surface area contributed by atoms with Gasteiger partial charge in [0.2, 0.25) is 0 Å². The maximum absolute atomic E-state index is 13.1. The number of anilines is 1. The first-order chi connectivity index (χ1) is 10.9. The summed E-state index contributed by atoms with van der Waals surface area (Å²) in [6.07, 6.45) is 1.52. The Morgan fingerprint density at radius 3 is 2.61 bits per heavy atom. The number of hydrogen-bond acceptors (Lipinski definition) is 2. The van der Waals surface area contributed by atoms with Crippen molar-refractivity contribution < 1.29 is 9.18 Å². The molecule has 2 aromatic carbocycles. The van der Waals surface area contributed by atoms with E-state index in [-0.39, 0.29) is 10.6 Å². The van der Waals surface area contributed by atoms with Crippen molar-refractivity contribution in [1.29, 1.82) is 5.26 Å². The molecule has 0 saturated heterocycles. The molecule has 5 heteroatoms. The predicted octanol–water partition coefficient (Wildman–Crippen LogP) is 4.64. The van der Waals surface area contributed by atoms with Crippen LogP contribution in [0.15, 0.2) is 42.0 Å². The van der Waals surface area contributed by atoms with E-state index in [9.17, 15) is 14.4 Å². The van der Waals surface area contributed by atoms with Crippen LogP contribution in [0.1, 0.15) is 16.7 Å².